The first kappa shape index (κ1) is 15.3. The maximum Gasteiger partial charge on any atom is 0.242 e. The van der Waals surface area contributed by atoms with Crippen LogP contribution in [0.15, 0.2) is 23.1 Å². The lowest BCUT2D eigenvalue weighted by Gasteiger charge is -2.23. The molecule has 0 heterocycles. The molecule has 3 unspecified atom stereocenters. The topological polar surface area (TPSA) is 58.2 Å². The summed E-state index contributed by atoms with van der Waals surface area (Å²) in [5.41, 5.74) is 0.912. The number of hydrogen-bond acceptors (Lipinski definition) is 3. The summed E-state index contributed by atoms with van der Waals surface area (Å²) in [6.45, 7) is 0.619. The summed E-state index contributed by atoms with van der Waals surface area (Å²) in [6.07, 6.45) is 4.53. The minimum Gasteiger partial charge on any atom is -0.316 e. The van der Waals surface area contributed by atoms with Crippen LogP contribution >= 0.6 is 11.6 Å². The summed E-state index contributed by atoms with van der Waals surface area (Å²) >= 11 is 6.11. The molecule has 0 radical (unpaired) electrons. The Labute approximate surface area is 131 Å². The van der Waals surface area contributed by atoms with Crippen LogP contribution in [-0.4, -0.2) is 21.5 Å². The molecule has 2 N–H and O–H groups in total. The van der Waals surface area contributed by atoms with Gasteiger partial charge in [0.05, 0.1) is 5.02 Å². The molecule has 0 aromatic heterocycles. The van der Waals surface area contributed by atoms with Gasteiger partial charge in [-0.1, -0.05) is 24.1 Å². The number of sulfonamides is 1. The second-order valence-electron chi connectivity index (χ2n) is 6.20. The van der Waals surface area contributed by atoms with Gasteiger partial charge in [-0.15, -0.1) is 0 Å². The molecule has 0 saturated heterocycles. The summed E-state index contributed by atoms with van der Waals surface area (Å²) in [7, 11) is -1.72. The first-order chi connectivity index (χ1) is 9.99. The highest BCUT2D eigenvalue weighted by molar-refractivity contribution is 7.89. The fraction of sp³-hybridized carbons (Fsp3) is 0.600. The number of rotatable bonds is 5. The van der Waals surface area contributed by atoms with Crippen LogP contribution in [-0.2, 0) is 16.6 Å². The van der Waals surface area contributed by atoms with Gasteiger partial charge < -0.3 is 5.32 Å². The molecule has 1 aromatic rings. The zero-order valence-electron chi connectivity index (χ0n) is 12.1. The zero-order chi connectivity index (χ0) is 15.0. The maximum atomic E-state index is 12.6. The average molecular weight is 329 g/mol. The van der Waals surface area contributed by atoms with Crippen LogP contribution in [0.2, 0.25) is 5.02 Å². The molecule has 2 fully saturated rings. The molecule has 116 valence electrons. The van der Waals surface area contributed by atoms with Crippen LogP contribution < -0.4 is 10.0 Å². The second kappa shape index (κ2) is 5.88. The fourth-order valence-electron chi connectivity index (χ4n) is 3.72. The summed E-state index contributed by atoms with van der Waals surface area (Å²) in [5.74, 6) is 1.21. The van der Waals surface area contributed by atoms with Gasteiger partial charge in [0.2, 0.25) is 10.0 Å². The summed E-state index contributed by atoms with van der Waals surface area (Å²) < 4.78 is 28.1. The van der Waals surface area contributed by atoms with E-state index in [2.05, 4.69) is 10.0 Å². The van der Waals surface area contributed by atoms with Gasteiger partial charge in [0.25, 0.3) is 0 Å². The molecule has 0 amide bonds. The highest BCUT2D eigenvalue weighted by Crippen LogP contribution is 2.45. The van der Waals surface area contributed by atoms with Crippen molar-refractivity contribution in [2.75, 3.05) is 7.05 Å². The van der Waals surface area contributed by atoms with Crippen LogP contribution in [0.4, 0.5) is 0 Å². The first-order valence-corrected chi connectivity index (χ1v) is 9.31. The van der Waals surface area contributed by atoms with Crippen LogP contribution in [0, 0.1) is 11.8 Å². The van der Waals surface area contributed by atoms with E-state index in [0.717, 1.165) is 18.4 Å². The minimum absolute atomic E-state index is 0.0813. The fourth-order valence-corrected chi connectivity index (χ4v) is 5.59. The van der Waals surface area contributed by atoms with E-state index >= 15 is 0 Å². The van der Waals surface area contributed by atoms with E-state index in [1.807, 2.05) is 13.1 Å². The molecule has 0 aliphatic heterocycles. The van der Waals surface area contributed by atoms with E-state index in [1.165, 1.54) is 12.8 Å². The standard InChI is InChI=1S/C15H21ClN2O2S/c1-17-9-11-3-5-13(16)15(8-11)21(19,20)18-14-7-10-2-4-12(14)6-10/h3,5,8,10,12,14,17-18H,2,4,6-7,9H2,1H3. The van der Waals surface area contributed by atoms with Crippen molar-refractivity contribution in [2.45, 2.75) is 43.2 Å². The van der Waals surface area contributed by atoms with Crippen molar-refractivity contribution >= 4 is 21.6 Å². The lowest BCUT2D eigenvalue weighted by Crippen LogP contribution is -2.38. The number of fused-ring (bicyclic) bond motifs is 2. The van der Waals surface area contributed by atoms with Crippen molar-refractivity contribution in [1.29, 1.82) is 0 Å². The molecule has 2 bridgehead atoms. The molecule has 3 rings (SSSR count). The number of benzene rings is 1. The third-order valence-electron chi connectivity index (χ3n) is 4.71. The SMILES string of the molecule is CNCc1ccc(Cl)c(S(=O)(=O)NC2CC3CCC2C3)c1. The van der Waals surface area contributed by atoms with Gasteiger partial charge in [-0.3, -0.25) is 0 Å². The van der Waals surface area contributed by atoms with E-state index in [0.29, 0.717) is 18.4 Å². The molecular formula is C15H21ClN2O2S. The average Bonchev–Trinajstić information content (AvgIpc) is 3.03. The Hall–Kier alpha value is -0.620. The summed E-state index contributed by atoms with van der Waals surface area (Å²) in [5, 5.41) is 3.30. The zero-order valence-corrected chi connectivity index (χ0v) is 13.7. The molecule has 3 atom stereocenters. The second-order valence-corrected chi connectivity index (χ2v) is 8.29. The largest absolute Gasteiger partial charge is 0.316 e. The Bertz CT molecular complexity index is 633. The van der Waals surface area contributed by atoms with Gasteiger partial charge in [0.1, 0.15) is 4.90 Å². The van der Waals surface area contributed by atoms with Crippen molar-refractivity contribution in [3.63, 3.8) is 0 Å². The van der Waals surface area contributed by atoms with Gasteiger partial charge in [0.15, 0.2) is 0 Å². The summed E-state index contributed by atoms with van der Waals surface area (Å²) in [6, 6.07) is 5.24. The molecule has 2 saturated carbocycles. The van der Waals surface area contributed by atoms with Gasteiger partial charge in [0, 0.05) is 12.6 Å². The van der Waals surface area contributed by atoms with Crippen molar-refractivity contribution in [1.82, 2.24) is 10.0 Å². The van der Waals surface area contributed by atoms with Crippen LogP contribution in [0.1, 0.15) is 31.2 Å². The number of hydrogen-bond donors (Lipinski definition) is 2. The van der Waals surface area contributed by atoms with E-state index in [4.69, 9.17) is 11.6 Å². The van der Waals surface area contributed by atoms with Crippen LogP contribution in [0.25, 0.3) is 0 Å². The number of nitrogens with one attached hydrogen (secondary N) is 2. The molecule has 4 nitrogen and oxygen atoms in total. The number of halogens is 1. The molecule has 1 aromatic carbocycles. The monoisotopic (exact) mass is 328 g/mol. The van der Waals surface area contributed by atoms with E-state index < -0.39 is 10.0 Å². The van der Waals surface area contributed by atoms with Crippen LogP contribution in [0.5, 0.6) is 0 Å². The Morgan fingerprint density at radius 2 is 2.10 bits per heavy atom. The first-order valence-electron chi connectivity index (χ1n) is 7.45. The van der Waals surface area contributed by atoms with Gasteiger partial charge in [-0.05, 0) is 55.8 Å². The highest BCUT2D eigenvalue weighted by Gasteiger charge is 2.41. The predicted molar refractivity (Wildman–Crippen MR) is 83.8 cm³/mol. The van der Waals surface area contributed by atoms with Crippen LogP contribution in [0.3, 0.4) is 0 Å². The Balaban J connectivity index is 1.82. The quantitative estimate of drug-likeness (QED) is 0.873. The van der Waals surface area contributed by atoms with Crippen molar-refractivity contribution in [3.05, 3.63) is 28.8 Å². The Morgan fingerprint density at radius 1 is 1.29 bits per heavy atom. The lowest BCUT2D eigenvalue weighted by molar-refractivity contribution is 0.390. The maximum absolute atomic E-state index is 12.6. The van der Waals surface area contributed by atoms with Crippen molar-refractivity contribution in [3.8, 4) is 0 Å². The van der Waals surface area contributed by atoms with Crippen molar-refractivity contribution in [2.24, 2.45) is 11.8 Å². The normalized spacial score (nSPS) is 28.2. The molecular weight excluding hydrogens is 308 g/mol. The third-order valence-corrected chi connectivity index (χ3v) is 6.68. The highest BCUT2D eigenvalue weighted by atomic mass is 35.5. The molecule has 2 aliphatic carbocycles. The lowest BCUT2D eigenvalue weighted by atomic mass is 9.96. The predicted octanol–water partition coefficient (Wildman–Crippen LogP) is 2.53. The molecule has 2 aliphatic rings. The van der Waals surface area contributed by atoms with Crippen molar-refractivity contribution < 1.29 is 8.42 Å². The van der Waals surface area contributed by atoms with Gasteiger partial charge in [-0.2, -0.15) is 0 Å². The smallest absolute Gasteiger partial charge is 0.242 e. The molecule has 6 heteroatoms. The molecule has 21 heavy (non-hydrogen) atoms. The minimum atomic E-state index is -3.55. The van der Waals surface area contributed by atoms with Gasteiger partial charge >= 0.3 is 0 Å². The van der Waals surface area contributed by atoms with E-state index in [-0.39, 0.29) is 16.0 Å². The molecule has 0 spiro atoms. The van der Waals surface area contributed by atoms with E-state index in [9.17, 15) is 8.42 Å². The van der Waals surface area contributed by atoms with Gasteiger partial charge in [-0.25, -0.2) is 13.1 Å². The summed E-state index contributed by atoms with van der Waals surface area (Å²) in [4.78, 5) is 0.194. The Morgan fingerprint density at radius 3 is 2.71 bits per heavy atom. The van der Waals surface area contributed by atoms with E-state index in [1.54, 1.807) is 12.1 Å². The Kier molecular flexibility index (Phi) is 4.28. The third kappa shape index (κ3) is 3.11.